The van der Waals surface area contributed by atoms with E-state index < -0.39 is 0 Å². The van der Waals surface area contributed by atoms with Gasteiger partial charge >= 0.3 is 0 Å². The summed E-state index contributed by atoms with van der Waals surface area (Å²) in [4.78, 5) is 28.0. The normalized spacial score (nSPS) is 16.8. The first-order valence-electron chi connectivity index (χ1n) is 8.79. The van der Waals surface area contributed by atoms with Gasteiger partial charge in [-0.3, -0.25) is 9.59 Å². The molecule has 0 radical (unpaired) electrons. The van der Waals surface area contributed by atoms with Crippen molar-refractivity contribution in [3.63, 3.8) is 0 Å². The molecule has 0 spiro atoms. The maximum Gasteiger partial charge on any atom is 0.244 e. The largest absolute Gasteiger partial charge is 0.324 e. The van der Waals surface area contributed by atoms with Crippen LogP contribution in [0.2, 0.25) is 0 Å². The van der Waals surface area contributed by atoms with Crippen LogP contribution in [0.5, 0.6) is 0 Å². The fraction of sp³-hybridized carbons (Fsp3) is 0.333. The lowest BCUT2D eigenvalue weighted by Gasteiger charge is -2.22. The molecule has 3 rings (SSSR count). The molecule has 1 heterocycles. The Morgan fingerprint density at radius 2 is 1.85 bits per heavy atom. The minimum absolute atomic E-state index is 0.0116. The van der Waals surface area contributed by atoms with Crippen LogP contribution < -0.4 is 10.2 Å². The van der Waals surface area contributed by atoms with Gasteiger partial charge in [0.1, 0.15) is 6.54 Å². The summed E-state index contributed by atoms with van der Waals surface area (Å²) < 4.78 is 0. The van der Waals surface area contributed by atoms with Crippen molar-refractivity contribution in [3.8, 4) is 0 Å². The van der Waals surface area contributed by atoms with Gasteiger partial charge in [-0.05, 0) is 44.0 Å². The van der Waals surface area contributed by atoms with Gasteiger partial charge in [-0.1, -0.05) is 36.8 Å². The molecule has 0 aromatic heterocycles. The van der Waals surface area contributed by atoms with E-state index in [1.807, 2.05) is 64.1 Å². The van der Waals surface area contributed by atoms with Crippen molar-refractivity contribution < 1.29 is 9.59 Å². The fourth-order valence-corrected chi connectivity index (χ4v) is 4.52. The minimum Gasteiger partial charge on any atom is -0.324 e. The Morgan fingerprint density at radius 1 is 1.19 bits per heavy atom. The quantitative estimate of drug-likeness (QED) is 0.870. The summed E-state index contributed by atoms with van der Waals surface area (Å²) in [6, 6.07) is 11.9. The Kier molecular flexibility index (Phi) is 5.37. The molecule has 0 saturated carbocycles. The van der Waals surface area contributed by atoms with Crippen LogP contribution in [0, 0.1) is 20.8 Å². The van der Waals surface area contributed by atoms with E-state index >= 15 is 0 Å². The van der Waals surface area contributed by atoms with Gasteiger partial charge < -0.3 is 10.2 Å². The third-order valence-electron chi connectivity index (χ3n) is 4.49. The van der Waals surface area contributed by atoms with Gasteiger partial charge in [0.15, 0.2) is 0 Å². The van der Waals surface area contributed by atoms with E-state index in [-0.39, 0.29) is 23.6 Å². The number of hydrogen-bond acceptors (Lipinski definition) is 3. The lowest BCUT2D eigenvalue weighted by atomic mass is 10.1. The third kappa shape index (κ3) is 3.93. The van der Waals surface area contributed by atoms with Crippen LogP contribution in [0.1, 0.15) is 30.0 Å². The van der Waals surface area contributed by atoms with Gasteiger partial charge in [0.25, 0.3) is 0 Å². The summed E-state index contributed by atoms with van der Waals surface area (Å²) >= 11 is 1.68. The molecular weight excluding hydrogens is 344 g/mol. The van der Waals surface area contributed by atoms with Gasteiger partial charge in [-0.15, -0.1) is 11.8 Å². The molecule has 2 aromatic rings. The highest BCUT2D eigenvalue weighted by Crippen LogP contribution is 2.37. The Bertz CT molecular complexity index is 840. The van der Waals surface area contributed by atoms with E-state index in [2.05, 4.69) is 5.32 Å². The molecule has 2 aromatic carbocycles. The topological polar surface area (TPSA) is 49.4 Å². The van der Waals surface area contributed by atoms with Crippen molar-refractivity contribution in [3.05, 3.63) is 53.1 Å². The van der Waals surface area contributed by atoms with E-state index in [9.17, 15) is 9.59 Å². The highest BCUT2D eigenvalue weighted by atomic mass is 32.2. The highest BCUT2D eigenvalue weighted by Gasteiger charge is 2.27. The van der Waals surface area contributed by atoms with Crippen LogP contribution in [0.15, 0.2) is 41.3 Å². The number of fused-ring (bicyclic) bond motifs is 1. The number of benzene rings is 2. The number of amides is 2. The zero-order valence-corrected chi connectivity index (χ0v) is 16.4. The lowest BCUT2D eigenvalue weighted by Crippen LogP contribution is -2.38. The molecule has 1 atom stereocenters. The summed E-state index contributed by atoms with van der Waals surface area (Å²) in [5.74, 6) is -0.190. The molecule has 26 heavy (non-hydrogen) atoms. The first kappa shape index (κ1) is 18.5. The van der Waals surface area contributed by atoms with Crippen molar-refractivity contribution in [2.75, 3.05) is 16.8 Å². The van der Waals surface area contributed by atoms with Crippen molar-refractivity contribution in [1.82, 2.24) is 0 Å². The molecule has 1 aliphatic heterocycles. The van der Waals surface area contributed by atoms with Gasteiger partial charge in [0.05, 0.1) is 5.69 Å². The smallest absolute Gasteiger partial charge is 0.244 e. The van der Waals surface area contributed by atoms with E-state index in [1.54, 1.807) is 16.7 Å². The number of rotatable bonds is 3. The van der Waals surface area contributed by atoms with Crippen molar-refractivity contribution >= 4 is 35.0 Å². The molecule has 0 bridgehead atoms. The van der Waals surface area contributed by atoms with Crippen LogP contribution in [0.25, 0.3) is 0 Å². The number of carbonyl (C=O) groups is 2. The maximum atomic E-state index is 12.7. The van der Waals surface area contributed by atoms with Crippen molar-refractivity contribution in [2.45, 2.75) is 44.3 Å². The highest BCUT2D eigenvalue weighted by molar-refractivity contribution is 8.00. The number of nitrogens with one attached hydrogen (secondary N) is 1. The van der Waals surface area contributed by atoms with Crippen LogP contribution in [0.4, 0.5) is 11.4 Å². The average molecular weight is 369 g/mol. The summed E-state index contributed by atoms with van der Waals surface area (Å²) in [5, 5.41) is 3.19. The van der Waals surface area contributed by atoms with E-state index in [4.69, 9.17) is 0 Å². The number of carbonyl (C=O) groups excluding carboxylic acids is 2. The lowest BCUT2D eigenvalue weighted by molar-refractivity contribution is -0.121. The van der Waals surface area contributed by atoms with E-state index in [0.29, 0.717) is 6.42 Å². The van der Waals surface area contributed by atoms with Gasteiger partial charge in [-0.25, -0.2) is 0 Å². The van der Waals surface area contributed by atoms with Crippen molar-refractivity contribution in [2.24, 2.45) is 0 Å². The molecule has 0 saturated heterocycles. The predicted octanol–water partition coefficient (Wildman–Crippen LogP) is 4.47. The molecule has 136 valence electrons. The molecule has 0 fully saturated rings. The number of aryl methyl sites for hydroxylation is 3. The monoisotopic (exact) mass is 368 g/mol. The second kappa shape index (κ2) is 7.54. The number of hydrogen-bond donors (Lipinski definition) is 1. The number of thioether (sulfide) groups is 1. The predicted molar refractivity (Wildman–Crippen MR) is 108 cm³/mol. The standard InChI is InChI=1S/C21H24N2O2S/c1-13-9-14(2)21(15(3)10-13)22-19(24)12-23-17-7-5-6-8-18(17)26-16(4)11-20(23)25/h5-10,16H,11-12H2,1-4H3,(H,22,24)/t16-/m1/s1. The Hall–Kier alpha value is -2.27. The molecule has 0 unspecified atom stereocenters. The summed E-state index contributed by atoms with van der Waals surface area (Å²) in [7, 11) is 0. The van der Waals surface area contributed by atoms with Crippen LogP contribution >= 0.6 is 11.8 Å². The summed E-state index contributed by atoms with van der Waals surface area (Å²) in [6.45, 7) is 8.08. The van der Waals surface area contributed by atoms with Crippen molar-refractivity contribution in [1.29, 1.82) is 0 Å². The van der Waals surface area contributed by atoms with Gasteiger partial charge in [-0.2, -0.15) is 0 Å². The second-order valence-electron chi connectivity index (χ2n) is 6.90. The molecule has 0 aliphatic carbocycles. The number of nitrogens with zero attached hydrogens (tertiary/aromatic N) is 1. The molecule has 2 amide bonds. The van der Waals surface area contributed by atoms with E-state index in [1.165, 1.54) is 5.56 Å². The summed E-state index contributed by atoms with van der Waals surface area (Å²) in [6.07, 6.45) is 0.426. The SMILES string of the molecule is Cc1cc(C)c(NC(=O)CN2C(=O)C[C@@H](C)Sc3ccccc32)c(C)c1. The minimum atomic E-state index is -0.178. The maximum absolute atomic E-state index is 12.7. The van der Waals surface area contributed by atoms with Crippen LogP contribution in [-0.4, -0.2) is 23.6 Å². The average Bonchev–Trinajstić information content (AvgIpc) is 2.67. The number of anilines is 2. The zero-order valence-electron chi connectivity index (χ0n) is 15.6. The Labute approximate surface area is 159 Å². The Balaban J connectivity index is 1.84. The molecule has 1 aliphatic rings. The van der Waals surface area contributed by atoms with E-state index in [0.717, 1.165) is 27.4 Å². The van der Waals surface area contributed by atoms with Crippen LogP contribution in [0.3, 0.4) is 0 Å². The zero-order chi connectivity index (χ0) is 18.8. The molecular formula is C21H24N2O2S. The van der Waals surface area contributed by atoms with Crippen LogP contribution in [-0.2, 0) is 9.59 Å². The number of para-hydroxylation sites is 1. The molecule has 5 heteroatoms. The second-order valence-corrected chi connectivity index (χ2v) is 8.38. The first-order chi connectivity index (χ1) is 12.3. The molecule has 1 N–H and O–H groups in total. The summed E-state index contributed by atoms with van der Waals surface area (Å²) in [5.41, 5.74) is 4.88. The van der Waals surface area contributed by atoms with Gasteiger partial charge in [0.2, 0.25) is 11.8 Å². The Morgan fingerprint density at radius 3 is 2.54 bits per heavy atom. The van der Waals surface area contributed by atoms with Gasteiger partial charge in [0, 0.05) is 22.3 Å². The fourth-order valence-electron chi connectivity index (χ4n) is 3.40. The molecule has 4 nitrogen and oxygen atoms in total. The third-order valence-corrected chi connectivity index (χ3v) is 5.66. The first-order valence-corrected chi connectivity index (χ1v) is 9.67.